The fraction of sp³-hybridized carbons (Fsp3) is 0.660. The Morgan fingerprint density at radius 3 is 1.47 bits per heavy atom. The van der Waals surface area contributed by atoms with E-state index in [9.17, 15) is 36.7 Å². The van der Waals surface area contributed by atoms with Crippen molar-refractivity contribution in [3.63, 3.8) is 0 Å². The fourth-order valence-electron chi connectivity index (χ4n) is 14.9. The predicted octanol–water partition coefficient (Wildman–Crippen LogP) is 9.14. The van der Waals surface area contributed by atoms with Crippen molar-refractivity contribution < 1.29 is 59.4 Å². The zero-order chi connectivity index (χ0) is 51.0. The molecule has 0 unspecified atom stereocenters. The van der Waals surface area contributed by atoms with Crippen LogP contribution in [0, 0.1) is 58.0 Å². The predicted molar refractivity (Wildman–Crippen MR) is 252 cm³/mol. The molecule has 8 aliphatic carbocycles. The number of Topliss-reactive ketones (excluding diaryl/α,β-unsaturated/α-hetero) is 1. The molecule has 0 spiro atoms. The Morgan fingerprint density at radius 1 is 0.630 bits per heavy atom. The van der Waals surface area contributed by atoms with Crippen LogP contribution in [0.25, 0.3) is 11.5 Å². The van der Waals surface area contributed by atoms with E-state index >= 15 is 8.78 Å². The minimum absolute atomic E-state index is 0.0250. The van der Waals surface area contributed by atoms with Gasteiger partial charge in [0.2, 0.25) is 5.89 Å². The second kappa shape index (κ2) is 21.5. The highest BCUT2D eigenvalue weighted by atomic mass is 19.3. The Labute approximate surface area is 420 Å². The number of carbonyl (C=O) groups excluding carboxylic acids is 4. The Balaban J connectivity index is 0.000000168. The lowest BCUT2D eigenvalue weighted by molar-refractivity contribution is -0.131. The van der Waals surface area contributed by atoms with Gasteiger partial charge in [0.1, 0.15) is 11.6 Å². The lowest BCUT2D eigenvalue weighted by atomic mass is 9.49. The van der Waals surface area contributed by atoms with E-state index in [1.165, 1.54) is 56.7 Å². The Bertz CT molecular complexity index is 2430. The van der Waals surface area contributed by atoms with Gasteiger partial charge in [0.05, 0.1) is 46.1 Å². The monoisotopic (exact) mass is 1030 g/mol. The first-order chi connectivity index (χ1) is 35.1. The number of hydrogen-bond donors (Lipinski definition) is 1. The number of ketones is 1. The lowest BCUT2D eigenvalue weighted by Crippen LogP contribution is -2.55. The van der Waals surface area contributed by atoms with Crippen molar-refractivity contribution in [2.45, 2.75) is 103 Å². The number of nitrogens with one attached hydrogen (secondary N) is 1. The number of alkyl halides is 4. The minimum Gasteiger partial charge on any atom is -0.415 e. The summed E-state index contributed by atoms with van der Waals surface area (Å²) in [6, 6.07) is 8.10. The number of nitrogens with zero attached hydrogens (tertiary/aromatic N) is 6. The van der Waals surface area contributed by atoms with Crippen LogP contribution in [0.1, 0.15) is 111 Å². The van der Waals surface area contributed by atoms with Crippen molar-refractivity contribution in [3.05, 3.63) is 70.6 Å². The number of urea groups is 2. The van der Waals surface area contributed by atoms with E-state index in [-0.39, 0.29) is 53.0 Å². The molecule has 1 N–H and O–H groups in total. The molecule has 10 aliphatic rings. The van der Waals surface area contributed by atoms with Crippen molar-refractivity contribution in [3.8, 4) is 11.5 Å². The van der Waals surface area contributed by atoms with Crippen LogP contribution >= 0.6 is 0 Å². The number of hydrogen-bond acceptors (Lipinski definition) is 9. The third kappa shape index (κ3) is 11.7. The van der Waals surface area contributed by atoms with E-state index in [0.717, 1.165) is 80.1 Å². The number of morpholine rings is 2. The average Bonchev–Trinajstić information content (AvgIpc) is 3.87. The van der Waals surface area contributed by atoms with Gasteiger partial charge >= 0.3 is 24.9 Å². The number of rotatable bonds is 14. The maximum Gasteiger partial charge on any atom is 0.320 e. The first-order valence-corrected chi connectivity index (χ1v) is 26.1. The third-order valence-corrected chi connectivity index (χ3v) is 17.1. The van der Waals surface area contributed by atoms with Crippen LogP contribution in [-0.2, 0) is 27.4 Å². The van der Waals surface area contributed by atoms with Gasteiger partial charge in [-0.25, -0.2) is 18.4 Å². The molecule has 13 rings (SSSR count). The summed E-state index contributed by atoms with van der Waals surface area (Å²) in [6.07, 6.45) is 8.50. The standard InChI is InChI=1S/C27H34F3N3O4.C26H31F3N4O3/c28-22-10-20(23(34)14-31-25(35)24(29)30)1-2-21(22)15-33(26(36)32-3-5-37-6-4-32)16-27-11-17-7-18(12-27)9-19(8-17)13-27;27-21-10-19(23-30-31-24(36-23)22(28)29)1-2-20(21)14-33(25(34)32-3-5-35-6-4-32)15-26-11-16-7-17(12-26)9-18(8-16)13-26/h1-2,10,17-19,24H,3-9,11-16H2,(H,31,35);1-2,10,16-18,22H,3-9,11-15H2. The normalized spacial score (nSPS) is 28.8. The number of ether oxygens (including phenoxy) is 2. The minimum atomic E-state index is -3.23. The molecule has 10 fully saturated rings. The molecule has 14 nitrogen and oxygen atoms in total. The van der Waals surface area contributed by atoms with Gasteiger partial charge in [-0.05, 0) is 142 Å². The summed E-state index contributed by atoms with van der Waals surface area (Å²) in [6.45, 7) is 4.83. The topological polar surface area (TPSA) is 151 Å². The van der Waals surface area contributed by atoms with Crippen LogP contribution in [0.5, 0.6) is 0 Å². The number of amides is 5. The molecule has 1 aromatic heterocycles. The molecule has 2 saturated heterocycles. The first-order valence-electron chi connectivity index (χ1n) is 26.1. The summed E-state index contributed by atoms with van der Waals surface area (Å²) in [7, 11) is 0. The molecule has 0 atom stereocenters. The van der Waals surface area contributed by atoms with Gasteiger partial charge in [-0.15, -0.1) is 10.2 Å². The number of aromatic nitrogens is 2. The molecule has 396 valence electrons. The molecule has 5 amide bonds. The van der Waals surface area contributed by atoms with Gasteiger partial charge < -0.3 is 38.8 Å². The van der Waals surface area contributed by atoms with E-state index < -0.39 is 48.6 Å². The largest absolute Gasteiger partial charge is 0.415 e. The molecule has 0 radical (unpaired) electrons. The first kappa shape index (κ1) is 51.3. The maximum atomic E-state index is 15.3. The van der Waals surface area contributed by atoms with Gasteiger partial charge in [0, 0.05) is 61.5 Å². The summed E-state index contributed by atoms with van der Waals surface area (Å²) in [5, 5.41) is 8.76. The third-order valence-electron chi connectivity index (χ3n) is 17.1. The molecular formula is C53H65F6N7O7. The van der Waals surface area contributed by atoms with Crippen molar-refractivity contribution in [1.82, 2.24) is 35.1 Å². The van der Waals surface area contributed by atoms with E-state index in [2.05, 4.69) is 10.2 Å². The van der Waals surface area contributed by atoms with Crippen LogP contribution in [0.4, 0.5) is 35.9 Å². The molecule has 3 aromatic rings. The van der Waals surface area contributed by atoms with Crippen molar-refractivity contribution >= 4 is 23.8 Å². The Kier molecular flexibility index (Phi) is 15.1. The Morgan fingerprint density at radius 2 is 1.07 bits per heavy atom. The van der Waals surface area contributed by atoms with Crippen LogP contribution < -0.4 is 5.32 Å². The van der Waals surface area contributed by atoms with Crippen molar-refractivity contribution in [2.75, 3.05) is 72.2 Å². The molecule has 20 heteroatoms. The van der Waals surface area contributed by atoms with E-state index in [1.807, 2.05) is 10.2 Å². The molecule has 3 heterocycles. The van der Waals surface area contributed by atoms with Gasteiger partial charge in [-0.3, -0.25) is 9.59 Å². The van der Waals surface area contributed by atoms with E-state index in [1.54, 1.807) is 26.8 Å². The quantitative estimate of drug-likeness (QED) is 0.123. The molecular weight excluding hydrogens is 961 g/mol. The SMILES string of the molecule is O=C(CNC(=O)C(F)F)c1ccc(CN(CC23CC4CC(CC(C4)C2)C3)C(=O)N2CCOCC2)c(F)c1.O=C(N1CCOCC1)N(Cc1ccc(-c2nnc(C(F)F)o2)cc1F)CC12CC3CC(CC(C3)C1)C2. The van der Waals surface area contributed by atoms with Crippen LogP contribution in [-0.4, -0.2) is 132 Å². The highest BCUT2D eigenvalue weighted by molar-refractivity contribution is 5.99. The molecule has 73 heavy (non-hydrogen) atoms. The van der Waals surface area contributed by atoms with Gasteiger partial charge in [-0.2, -0.15) is 17.6 Å². The zero-order valence-corrected chi connectivity index (χ0v) is 41.1. The van der Waals surface area contributed by atoms with Crippen LogP contribution in [0.2, 0.25) is 0 Å². The molecule has 2 aliphatic heterocycles. The molecule has 8 saturated carbocycles. The van der Waals surface area contributed by atoms with Gasteiger partial charge in [0.25, 0.3) is 11.8 Å². The lowest BCUT2D eigenvalue weighted by Gasteiger charge is -2.58. The smallest absolute Gasteiger partial charge is 0.320 e. The summed E-state index contributed by atoms with van der Waals surface area (Å²) in [5.74, 6) is 0.0587. The summed E-state index contributed by atoms with van der Waals surface area (Å²) >= 11 is 0. The Hall–Kier alpha value is -5.24. The highest BCUT2D eigenvalue weighted by Crippen LogP contribution is 2.61. The maximum absolute atomic E-state index is 15.3. The van der Waals surface area contributed by atoms with E-state index in [4.69, 9.17) is 13.9 Å². The number of halogens is 6. The summed E-state index contributed by atoms with van der Waals surface area (Å²) < 4.78 is 96.6. The van der Waals surface area contributed by atoms with Crippen molar-refractivity contribution in [1.29, 1.82) is 0 Å². The number of benzene rings is 2. The highest BCUT2D eigenvalue weighted by Gasteiger charge is 2.53. The fourth-order valence-corrected chi connectivity index (χ4v) is 14.9. The number of carbonyl (C=O) groups is 4. The molecule has 8 bridgehead atoms. The summed E-state index contributed by atoms with van der Waals surface area (Å²) in [4.78, 5) is 57.8. The van der Waals surface area contributed by atoms with Crippen LogP contribution in [0.15, 0.2) is 40.8 Å². The van der Waals surface area contributed by atoms with E-state index in [0.29, 0.717) is 76.8 Å². The molecule has 2 aromatic carbocycles. The second-order valence-electron chi connectivity index (χ2n) is 22.6. The van der Waals surface area contributed by atoms with Crippen LogP contribution in [0.3, 0.4) is 0 Å². The van der Waals surface area contributed by atoms with Gasteiger partial charge in [-0.1, -0.05) is 18.2 Å². The van der Waals surface area contributed by atoms with Crippen molar-refractivity contribution in [2.24, 2.45) is 46.3 Å². The average molecular weight is 1030 g/mol. The zero-order valence-electron chi connectivity index (χ0n) is 41.1. The second-order valence-corrected chi connectivity index (χ2v) is 22.6. The van der Waals surface area contributed by atoms with Gasteiger partial charge in [0.15, 0.2) is 5.78 Å². The summed E-state index contributed by atoms with van der Waals surface area (Å²) in [5.41, 5.74) is 1.05.